The molecule has 2 unspecified atom stereocenters. The SMILES string of the molecule is CCC(C)C(C)c1[c]c(Cl)c(Cl)c(Cl)c1Cl. The number of hydrogen-bond donors (Lipinski definition) is 0. The highest BCUT2D eigenvalue weighted by atomic mass is 35.5. The summed E-state index contributed by atoms with van der Waals surface area (Å²) in [6, 6.07) is 3.02. The van der Waals surface area contributed by atoms with Gasteiger partial charge in [0.15, 0.2) is 0 Å². The Bertz CT molecular complexity index is 387. The summed E-state index contributed by atoms with van der Waals surface area (Å²) in [6.07, 6.45) is 1.06. The summed E-state index contributed by atoms with van der Waals surface area (Å²) in [5, 5.41) is 1.38. The highest BCUT2D eigenvalue weighted by molar-refractivity contribution is 6.51. The second-order valence-corrected chi connectivity index (χ2v) is 5.48. The van der Waals surface area contributed by atoms with Gasteiger partial charge in [0.2, 0.25) is 0 Å². The van der Waals surface area contributed by atoms with Crippen LogP contribution in [0.3, 0.4) is 0 Å². The molecule has 0 aliphatic rings. The van der Waals surface area contributed by atoms with Crippen LogP contribution in [0.25, 0.3) is 0 Å². The number of benzene rings is 1. The Balaban J connectivity index is 3.25. The molecule has 0 N–H and O–H groups in total. The van der Waals surface area contributed by atoms with Gasteiger partial charge in [0.25, 0.3) is 0 Å². The molecular formula is C12H13Cl4. The van der Waals surface area contributed by atoms with Crippen LogP contribution in [0.4, 0.5) is 0 Å². The van der Waals surface area contributed by atoms with Crippen molar-refractivity contribution >= 4 is 46.4 Å². The van der Waals surface area contributed by atoms with Gasteiger partial charge < -0.3 is 0 Å². The van der Waals surface area contributed by atoms with Crippen molar-refractivity contribution in [2.24, 2.45) is 5.92 Å². The van der Waals surface area contributed by atoms with Gasteiger partial charge in [0, 0.05) is 6.07 Å². The molecule has 0 saturated heterocycles. The molecule has 1 aromatic rings. The molecule has 0 nitrogen and oxygen atoms in total. The highest BCUT2D eigenvalue weighted by Gasteiger charge is 2.20. The van der Waals surface area contributed by atoms with E-state index in [9.17, 15) is 0 Å². The Morgan fingerprint density at radius 2 is 1.56 bits per heavy atom. The third-order valence-corrected chi connectivity index (χ3v) is 4.73. The van der Waals surface area contributed by atoms with Crippen LogP contribution in [0.2, 0.25) is 20.1 Å². The molecule has 16 heavy (non-hydrogen) atoms. The van der Waals surface area contributed by atoms with Crippen molar-refractivity contribution < 1.29 is 0 Å². The van der Waals surface area contributed by atoms with E-state index in [1.54, 1.807) is 0 Å². The molecule has 0 fully saturated rings. The van der Waals surface area contributed by atoms with Gasteiger partial charge in [0.05, 0.1) is 20.1 Å². The van der Waals surface area contributed by atoms with Gasteiger partial charge in [0.1, 0.15) is 0 Å². The first kappa shape index (κ1) is 14.4. The van der Waals surface area contributed by atoms with Crippen molar-refractivity contribution in [3.05, 3.63) is 31.7 Å². The average Bonchev–Trinajstić information content (AvgIpc) is 2.29. The van der Waals surface area contributed by atoms with E-state index in [0.29, 0.717) is 21.0 Å². The summed E-state index contributed by atoms with van der Waals surface area (Å²) in [7, 11) is 0. The van der Waals surface area contributed by atoms with Gasteiger partial charge in [-0.05, 0) is 17.4 Å². The van der Waals surface area contributed by atoms with Gasteiger partial charge in [-0.1, -0.05) is 73.6 Å². The van der Waals surface area contributed by atoms with Gasteiger partial charge in [-0.15, -0.1) is 0 Å². The Morgan fingerprint density at radius 3 is 2.06 bits per heavy atom. The van der Waals surface area contributed by atoms with Crippen molar-refractivity contribution in [2.45, 2.75) is 33.1 Å². The molecule has 2 atom stereocenters. The maximum atomic E-state index is 6.16. The van der Waals surface area contributed by atoms with Crippen LogP contribution in [0.5, 0.6) is 0 Å². The molecule has 0 amide bonds. The fraction of sp³-hybridized carbons (Fsp3) is 0.500. The predicted molar refractivity (Wildman–Crippen MR) is 73.2 cm³/mol. The average molecular weight is 299 g/mol. The third kappa shape index (κ3) is 2.79. The van der Waals surface area contributed by atoms with E-state index in [1.165, 1.54) is 0 Å². The van der Waals surface area contributed by atoms with Crippen molar-refractivity contribution in [1.29, 1.82) is 0 Å². The fourth-order valence-electron chi connectivity index (χ4n) is 1.49. The molecule has 4 heteroatoms. The van der Waals surface area contributed by atoms with Crippen LogP contribution in [0, 0.1) is 12.0 Å². The molecule has 1 rings (SSSR count). The van der Waals surface area contributed by atoms with Crippen LogP contribution < -0.4 is 0 Å². The molecule has 1 aromatic carbocycles. The van der Waals surface area contributed by atoms with Crippen LogP contribution in [0.15, 0.2) is 0 Å². The zero-order chi connectivity index (χ0) is 12.5. The minimum atomic E-state index is 0.254. The quantitative estimate of drug-likeness (QED) is 0.457. The van der Waals surface area contributed by atoms with Crippen LogP contribution >= 0.6 is 46.4 Å². The number of halogens is 4. The van der Waals surface area contributed by atoms with E-state index >= 15 is 0 Å². The summed E-state index contributed by atoms with van der Waals surface area (Å²) < 4.78 is 0. The Morgan fingerprint density at radius 1 is 1.00 bits per heavy atom. The first-order chi connectivity index (χ1) is 7.40. The Labute approximate surface area is 117 Å². The predicted octanol–water partition coefficient (Wildman–Crippen LogP) is 6.25. The summed E-state index contributed by atoms with van der Waals surface area (Å²) in [4.78, 5) is 0. The van der Waals surface area contributed by atoms with E-state index in [4.69, 9.17) is 46.4 Å². The molecule has 0 saturated carbocycles. The van der Waals surface area contributed by atoms with E-state index in [-0.39, 0.29) is 10.9 Å². The number of rotatable bonds is 3. The molecule has 1 radical (unpaired) electrons. The molecule has 0 spiro atoms. The van der Waals surface area contributed by atoms with Crippen molar-refractivity contribution in [3.8, 4) is 0 Å². The largest absolute Gasteiger partial charge is 0.0823 e. The third-order valence-electron chi connectivity index (χ3n) is 3.01. The first-order valence-electron chi connectivity index (χ1n) is 5.15. The summed E-state index contributed by atoms with van der Waals surface area (Å²) in [5.41, 5.74) is 0.843. The molecule has 89 valence electrons. The molecule has 0 aliphatic heterocycles. The van der Waals surface area contributed by atoms with Gasteiger partial charge in [-0.3, -0.25) is 0 Å². The molecule has 0 bridgehead atoms. The van der Waals surface area contributed by atoms with Crippen molar-refractivity contribution in [1.82, 2.24) is 0 Å². The van der Waals surface area contributed by atoms with Crippen LogP contribution in [-0.2, 0) is 0 Å². The standard InChI is InChI=1S/C12H13Cl4/c1-4-6(2)7(3)8-5-9(13)11(15)12(16)10(8)14/h6-7H,4H2,1-3H3. The zero-order valence-electron chi connectivity index (χ0n) is 9.37. The number of hydrogen-bond acceptors (Lipinski definition) is 0. The monoisotopic (exact) mass is 297 g/mol. The van der Waals surface area contributed by atoms with Crippen LogP contribution in [-0.4, -0.2) is 0 Å². The van der Waals surface area contributed by atoms with Crippen molar-refractivity contribution in [2.75, 3.05) is 0 Å². The van der Waals surface area contributed by atoms with E-state index in [2.05, 4.69) is 26.8 Å². The van der Waals surface area contributed by atoms with E-state index < -0.39 is 0 Å². The topological polar surface area (TPSA) is 0 Å². The van der Waals surface area contributed by atoms with Gasteiger partial charge in [-0.25, -0.2) is 0 Å². The molecule has 0 aliphatic carbocycles. The van der Waals surface area contributed by atoms with E-state index in [0.717, 1.165) is 12.0 Å². The van der Waals surface area contributed by atoms with Crippen molar-refractivity contribution in [3.63, 3.8) is 0 Å². The minimum Gasteiger partial charge on any atom is -0.0823 e. The second kappa shape index (κ2) is 5.82. The van der Waals surface area contributed by atoms with Gasteiger partial charge >= 0.3 is 0 Å². The summed E-state index contributed by atoms with van der Waals surface area (Å²) in [6.45, 7) is 6.38. The molecule has 0 heterocycles. The molecule has 0 aromatic heterocycles. The Kier molecular flexibility index (Phi) is 5.25. The zero-order valence-corrected chi connectivity index (χ0v) is 12.4. The first-order valence-corrected chi connectivity index (χ1v) is 6.66. The molecular weight excluding hydrogens is 286 g/mol. The van der Waals surface area contributed by atoms with Crippen LogP contribution in [0.1, 0.15) is 38.7 Å². The maximum absolute atomic E-state index is 6.16. The minimum absolute atomic E-state index is 0.254. The highest BCUT2D eigenvalue weighted by Crippen LogP contribution is 2.42. The second-order valence-electron chi connectivity index (χ2n) is 3.97. The summed E-state index contributed by atoms with van der Waals surface area (Å²) in [5.74, 6) is 0.742. The fourth-order valence-corrected chi connectivity index (χ4v) is 2.44. The summed E-state index contributed by atoms with van der Waals surface area (Å²) >= 11 is 24.0. The van der Waals surface area contributed by atoms with E-state index in [1.807, 2.05) is 0 Å². The normalized spacial score (nSPS) is 14.9. The lowest BCUT2D eigenvalue weighted by atomic mass is 9.87. The lowest BCUT2D eigenvalue weighted by Gasteiger charge is -2.20. The Hall–Kier alpha value is 0.380. The maximum Gasteiger partial charge on any atom is 0.0800 e. The van der Waals surface area contributed by atoms with Gasteiger partial charge in [-0.2, -0.15) is 0 Å². The lowest BCUT2D eigenvalue weighted by Crippen LogP contribution is -2.06. The lowest BCUT2D eigenvalue weighted by molar-refractivity contribution is 0.473. The smallest absolute Gasteiger partial charge is 0.0800 e.